The lowest BCUT2D eigenvalue weighted by atomic mass is 10.1. The molecule has 0 saturated carbocycles. The smallest absolute Gasteiger partial charge is 0.327 e. The van der Waals surface area contributed by atoms with Crippen LogP contribution < -0.4 is 5.32 Å². The second-order valence-corrected chi connectivity index (χ2v) is 5.41. The monoisotopic (exact) mass is 281 g/mol. The highest BCUT2D eigenvalue weighted by molar-refractivity contribution is 5.77. The molecule has 1 aliphatic rings. The number of hydrogen-bond donors (Lipinski definition) is 1. The SMILES string of the molecule is COC(=O)[C@@H](NC1Cc2ccccc2C1)c1ccccc1. The maximum Gasteiger partial charge on any atom is 0.327 e. The van der Waals surface area contributed by atoms with E-state index >= 15 is 0 Å². The summed E-state index contributed by atoms with van der Waals surface area (Å²) >= 11 is 0. The molecule has 0 spiro atoms. The Morgan fingerprint density at radius 1 is 1.05 bits per heavy atom. The number of benzene rings is 2. The Morgan fingerprint density at radius 2 is 1.62 bits per heavy atom. The Balaban J connectivity index is 1.76. The van der Waals surface area contributed by atoms with Gasteiger partial charge in [-0.05, 0) is 29.5 Å². The van der Waals surface area contributed by atoms with E-state index in [2.05, 4.69) is 29.6 Å². The van der Waals surface area contributed by atoms with E-state index < -0.39 is 6.04 Å². The van der Waals surface area contributed by atoms with Gasteiger partial charge >= 0.3 is 5.97 Å². The van der Waals surface area contributed by atoms with E-state index in [1.165, 1.54) is 18.2 Å². The summed E-state index contributed by atoms with van der Waals surface area (Å²) in [6.07, 6.45) is 1.91. The minimum atomic E-state index is -0.407. The van der Waals surface area contributed by atoms with Gasteiger partial charge in [-0.15, -0.1) is 0 Å². The summed E-state index contributed by atoms with van der Waals surface area (Å²) in [5, 5.41) is 3.46. The van der Waals surface area contributed by atoms with Gasteiger partial charge in [-0.2, -0.15) is 0 Å². The second-order valence-electron chi connectivity index (χ2n) is 5.41. The summed E-state index contributed by atoms with van der Waals surface area (Å²) in [5.74, 6) is -0.239. The number of methoxy groups -OCH3 is 1. The number of fused-ring (bicyclic) bond motifs is 1. The second kappa shape index (κ2) is 6.10. The minimum Gasteiger partial charge on any atom is -0.468 e. The molecule has 2 aromatic carbocycles. The summed E-state index contributed by atoms with van der Waals surface area (Å²) in [4.78, 5) is 12.1. The fourth-order valence-corrected chi connectivity index (χ4v) is 2.98. The molecule has 0 saturated heterocycles. The summed E-state index contributed by atoms with van der Waals surface area (Å²) in [6, 6.07) is 18.1. The van der Waals surface area contributed by atoms with E-state index in [0.717, 1.165) is 18.4 Å². The lowest BCUT2D eigenvalue weighted by molar-refractivity contribution is -0.143. The topological polar surface area (TPSA) is 38.3 Å². The maximum atomic E-state index is 12.1. The zero-order chi connectivity index (χ0) is 14.7. The molecule has 3 rings (SSSR count). The largest absolute Gasteiger partial charge is 0.468 e. The van der Waals surface area contributed by atoms with Crippen molar-refractivity contribution in [3.8, 4) is 0 Å². The summed E-state index contributed by atoms with van der Waals surface area (Å²) in [5.41, 5.74) is 3.68. The number of carbonyl (C=O) groups is 1. The molecule has 2 aromatic rings. The molecule has 3 nitrogen and oxygen atoms in total. The maximum absolute atomic E-state index is 12.1. The Kier molecular flexibility index (Phi) is 4.02. The molecule has 0 radical (unpaired) electrons. The van der Waals surface area contributed by atoms with Crippen molar-refractivity contribution in [3.05, 3.63) is 71.3 Å². The van der Waals surface area contributed by atoms with Gasteiger partial charge in [0.15, 0.2) is 0 Å². The van der Waals surface area contributed by atoms with Gasteiger partial charge in [-0.25, -0.2) is 4.79 Å². The van der Waals surface area contributed by atoms with Gasteiger partial charge in [0.2, 0.25) is 0 Å². The summed E-state index contributed by atoms with van der Waals surface area (Å²) in [7, 11) is 1.43. The molecule has 1 N–H and O–H groups in total. The van der Waals surface area contributed by atoms with Crippen LogP contribution in [-0.2, 0) is 22.4 Å². The predicted molar refractivity (Wildman–Crippen MR) is 82.0 cm³/mol. The van der Waals surface area contributed by atoms with Crippen molar-refractivity contribution >= 4 is 5.97 Å². The molecule has 0 bridgehead atoms. The molecule has 0 aliphatic heterocycles. The first-order chi connectivity index (χ1) is 10.3. The van der Waals surface area contributed by atoms with Crippen LogP contribution in [0.5, 0.6) is 0 Å². The fourth-order valence-electron chi connectivity index (χ4n) is 2.98. The zero-order valence-corrected chi connectivity index (χ0v) is 12.1. The molecule has 3 heteroatoms. The van der Waals surface area contributed by atoms with Crippen LogP contribution in [0, 0.1) is 0 Å². The molecule has 21 heavy (non-hydrogen) atoms. The van der Waals surface area contributed by atoms with Gasteiger partial charge in [0.1, 0.15) is 6.04 Å². The Bertz CT molecular complexity index is 599. The molecule has 0 aromatic heterocycles. The fraction of sp³-hybridized carbons (Fsp3) is 0.278. The third-order valence-electron chi connectivity index (χ3n) is 4.02. The number of ether oxygens (including phenoxy) is 1. The molecule has 0 unspecified atom stereocenters. The molecule has 0 fully saturated rings. The lowest BCUT2D eigenvalue weighted by Crippen LogP contribution is -2.38. The number of esters is 1. The Labute approximate surface area is 124 Å². The number of hydrogen-bond acceptors (Lipinski definition) is 3. The van der Waals surface area contributed by atoms with E-state index in [0.29, 0.717) is 0 Å². The first kappa shape index (κ1) is 13.8. The van der Waals surface area contributed by atoms with Crippen molar-refractivity contribution < 1.29 is 9.53 Å². The van der Waals surface area contributed by atoms with Gasteiger partial charge in [0.25, 0.3) is 0 Å². The van der Waals surface area contributed by atoms with Gasteiger partial charge in [0.05, 0.1) is 7.11 Å². The molecular formula is C18H19NO2. The lowest BCUT2D eigenvalue weighted by Gasteiger charge is -2.21. The van der Waals surface area contributed by atoms with Crippen LogP contribution in [-0.4, -0.2) is 19.1 Å². The Morgan fingerprint density at radius 3 is 2.19 bits per heavy atom. The van der Waals surface area contributed by atoms with Gasteiger partial charge in [0, 0.05) is 6.04 Å². The highest BCUT2D eigenvalue weighted by Crippen LogP contribution is 2.24. The van der Waals surface area contributed by atoms with Crippen LogP contribution in [0.1, 0.15) is 22.7 Å². The van der Waals surface area contributed by atoms with Gasteiger partial charge in [-0.1, -0.05) is 54.6 Å². The molecular weight excluding hydrogens is 262 g/mol. The minimum absolute atomic E-state index is 0.239. The Hall–Kier alpha value is -2.13. The van der Waals surface area contributed by atoms with Crippen LogP contribution in [0.25, 0.3) is 0 Å². The van der Waals surface area contributed by atoms with E-state index in [1.54, 1.807) is 0 Å². The normalized spacial score (nSPS) is 15.5. The van der Waals surface area contributed by atoms with E-state index in [4.69, 9.17) is 4.74 Å². The molecule has 1 aliphatic carbocycles. The molecule has 1 atom stereocenters. The summed E-state index contributed by atoms with van der Waals surface area (Å²) in [6.45, 7) is 0. The third-order valence-corrected chi connectivity index (χ3v) is 4.02. The number of nitrogens with one attached hydrogen (secondary N) is 1. The van der Waals surface area contributed by atoms with Crippen molar-refractivity contribution in [3.63, 3.8) is 0 Å². The van der Waals surface area contributed by atoms with E-state index in [-0.39, 0.29) is 12.0 Å². The van der Waals surface area contributed by atoms with Gasteiger partial charge < -0.3 is 4.74 Å². The number of rotatable bonds is 4. The molecule has 0 heterocycles. The van der Waals surface area contributed by atoms with Crippen LogP contribution in [0.4, 0.5) is 0 Å². The van der Waals surface area contributed by atoms with Crippen LogP contribution in [0.15, 0.2) is 54.6 Å². The predicted octanol–water partition coefficient (Wildman–Crippen LogP) is 2.66. The van der Waals surface area contributed by atoms with E-state index in [9.17, 15) is 4.79 Å². The standard InChI is InChI=1S/C18H19NO2/c1-21-18(20)17(13-7-3-2-4-8-13)19-16-11-14-9-5-6-10-15(14)12-16/h2-10,16-17,19H,11-12H2,1H3/t17-/m0/s1. The van der Waals surface area contributed by atoms with Crippen molar-refractivity contribution in [1.29, 1.82) is 0 Å². The van der Waals surface area contributed by atoms with Crippen LogP contribution in [0.2, 0.25) is 0 Å². The number of carbonyl (C=O) groups excluding carboxylic acids is 1. The molecule has 0 amide bonds. The third kappa shape index (κ3) is 2.98. The quantitative estimate of drug-likeness (QED) is 0.876. The van der Waals surface area contributed by atoms with Crippen molar-refractivity contribution in [2.75, 3.05) is 7.11 Å². The first-order valence-corrected chi connectivity index (χ1v) is 7.23. The average molecular weight is 281 g/mol. The first-order valence-electron chi connectivity index (χ1n) is 7.23. The van der Waals surface area contributed by atoms with Crippen LogP contribution >= 0.6 is 0 Å². The highest BCUT2D eigenvalue weighted by atomic mass is 16.5. The summed E-state index contributed by atoms with van der Waals surface area (Å²) < 4.78 is 4.95. The van der Waals surface area contributed by atoms with Crippen LogP contribution in [0.3, 0.4) is 0 Å². The highest BCUT2D eigenvalue weighted by Gasteiger charge is 2.28. The zero-order valence-electron chi connectivity index (χ0n) is 12.1. The van der Waals surface area contributed by atoms with Crippen molar-refractivity contribution in [2.45, 2.75) is 24.9 Å². The van der Waals surface area contributed by atoms with E-state index in [1.807, 2.05) is 30.3 Å². The molecule has 108 valence electrons. The van der Waals surface area contributed by atoms with Gasteiger partial charge in [-0.3, -0.25) is 5.32 Å². The average Bonchev–Trinajstić information content (AvgIpc) is 2.95. The van der Waals surface area contributed by atoms with Crippen molar-refractivity contribution in [2.24, 2.45) is 0 Å². The van der Waals surface area contributed by atoms with Crippen molar-refractivity contribution in [1.82, 2.24) is 5.32 Å².